The Hall–Kier alpha value is -1.55. The maximum Gasteiger partial charge on any atom is 0.236 e. The van der Waals surface area contributed by atoms with Crippen LogP contribution in [0.2, 0.25) is 0 Å². The highest BCUT2D eigenvalue weighted by atomic mass is 16.2. The van der Waals surface area contributed by atoms with Gasteiger partial charge in [-0.15, -0.1) is 0 Å². The topological polar surface area (TPSA) is 26.8 Å². The van der Waals surface area contributed by atoms with Crippen LogP contribution in [-0.4, -0.2) is 61.5 Å². The maximum absolute atomic E-state index is 12.8. The summed E-state index contributed by atoms with van der Waals surface area (Å²) in [6, 6.07) is 9.11. The van der Waals surface area contributed by atoms with Crippen LogP contribution in [0, 0.1) is 17.3 Å². The molecule has 30 heavy (non-hydrogen) atoms. The van der Waals surface area contributed by atoms with Gasteiger partial charge in [0.15, 0.2) is 0 Å². The zero-order valence-electron chi connectivity index (χ0n) is 19.6. The molecule has 0 N–H and O–H groups in total. The number of anilines is 1. The Labute approximate surface area is 183 Å². The lowest BCUT2D eigenvalue weighted by atomic mass is 9.71. The summed E-state index contributed by atoms with van der Waals surface area (Å²) in [5.74, 6) is 2.56. The Kier molecular flexibility index (Phi) is 6.43. The van der Waals surface area contributed by atoms with Crippen molar-refractivity contribution in [2.24, 2.45) is 17.3 Å². The van der Waals surface area contributed by atoms with Gasteiger partial charge < -0.3 is 9.80 Å². The second kappa shape index (κ2) is 8.90. The molecule has 3 aliphatic rings. The van der Waals surface area contributed by atoms with Crippen molar-refractivity contribution in [1.82, 2.24) is 9.80 Å². The van der Waals surface area contributed by atoms with E-state index in [1.165, 1.54) is 24.1 Å². The van der Waals surface area contributed by atoms with Gasteiger partial charge in [0.1, 0.15) is 0 Å². The van der Waals surface area contributed by atoms with Gasteiger partial charge >= 0.3 is 0 Å². The fourth-order valence-electron chi connectivity index (χ4n) is 5.63. The standard InChI is InChI=1S/C26H41N3O/c1-20(2)22-5-7-24(8-6-22)29-18-26(19-29)11-15-28(16-12-26)25(30)17-27-13-9-23(10-14-27)21(3)4/h5-8,20-21,23H,9-19H2,1-4H3. The van der Waals surface area contributed by atoms with E-state index < -0.39 is 0 Å². The van der Waals surface area contributed by atoms with Gasteiger partial charge in [0.25, 0.3) is 0 Å². The van der Waals surface area contributed by atoms with Crippen molar-refractivity contribution in [1.29, 1.82) is 0 Å². The number of hydrogen-bond acceptors (Lipinski definition) is 3. The van der Waals surface area contributed by atoms with E-state index >= 15 is 0 Å². The summed E-state index contributed by atoms with van der Waals surface area (Å²) in [5.41, 5.74) is 3.20. The van der Waals surface area contributed by atoms with Gasteiger partial charge in [-0.05, 0) is 74.2 Å². The third kappa shape index (κ3) is 4.69. The van der Waals surface area contributed by atoms with Crippen LogP contribution in [0.25, 0.3) is 0 Å². The number of rotatable bonds is 5. The van der Waals surface area contributed by atoms with E-state index in [2.05, 4.69) is 66.7 Å². The van der Waals surface area contributed by atoms with E-state index in [1.54, 1.807) is 0 Å². The smallest absolute Gasteiger partial charge is 0.236 e. The monoisotopic (exact) mass is 411 g/mol. The predicted octanol–water partition coefficient (Wildman–Crippen LogP) is 4.61. The summed E-state index contributed by atoms with van der Waals surface area (Å²) in [4.78, 5) is 19.9. The summed E-state index contributed by atoms with van der Waals surface area (Å²) in [7, 11) is 0. The Morgan fingerprint density at radius 1 is 0.967 bits per heavy atom. The Bertz CT molecular complexity index is 702. The molecule has 166 valence electrons. The first kappa shape index (κ1) is 21.7. The van der Waals surface area contributed by atoms with Crippen molar-refractivity contribution in [2.75, 3.05) is 50.7 Å². The van der Waals surface area contributed by atoms with Crippen LogP contribution in [0.1, 0.15) is 64.9 Å². The molecule has 3 saturated heterocycles. The molecule has 3 aliphatic heterocycles. The molecule has 4 heteroatoms. The minimum absolute atomic E-state index is 0.355. The molecule has 4 nitrogen and oxygen atoms in total. The van der Waals surface area contributed by atoms with E-state index in [1.807, 2.05) is 0 Å². The molecule has 1 aromatic carbocycles. The molecule has 1 aromatic rings. The van der Waals surface area contributed by atoms with Crippen LogP contribution in [0.4, 0.5) is 5.69 Å². The third-order valence-electron chi connectivity index (χ3n) is 8.09. The fourth-order valence-corrected chi connectivity index (χ4v) is 5.63. The van der Waals surface area contributed by atoms with Gasteiger partial charge in [-0.1, -0.05) is 39.8 Å². The zero-order chi connectivity index (χ0) is 21.3. The van der Waals surface area contributed by atoms with E-state index in [4.69, 9.17) is 0 Å². The average Bonchev–Trinajstić information content (AvgIpc) is 2.72. The first-order chi connectivity index (χ1) is 14.3. The van der Waals surface area contributed by atoms with Crippen molar-refractivity contribution < 1.29 is 4.79 Å². The highest BCUT2D eigenvalue weighted by molar-refractivity contribution is 5.78. The average molecular weight is 412 g/mol. The van der Waals surface area contributed by atoms with E-state index in [0.717, 1.165) is 63.9 Å². The summed E-state index contributed by atoms with van der Waals surface area (Å²) in [6.45, 7) is 16.2. The van der Waals surface area contributed by atoms with Gasteiger partial charge in [0.2, 0.25) is 5.91 Å². The third-order valence-corrected chi connectivity index (χ3v) is 8.09. The molecular formula is C26H41N3O. The highest BCUT2D eigenvalue weighted by Gasteiger charge is 2.45. The van der Waals surface area contributed by atoms with Crippen LogP contribution in [0.5, 0.6) is 0 Å². The van der Waals surface area contributed by atoms with Crippen molar-refractivity contribution in [3.63, 3.8) is 0 Å². The molecule has 1 amide bonds. The van der Waals surface area contributed by atoms with Crippen LogP contribution in [0.3, 0.4) is 0 Å². The van der Waals surface area contributed by atoms with Gasteiger partial charge in [-0.3, -0.25) is 9.69 Å². The second-order valence-electron chi connectivity index (χ2n) is 10.8. The molecule has 0 unspecified atom stereocenters. The molecule has 3 fully saturated rings. The predicted molar refractivity (Wildman–Crippen MR) is 125 cm³/mol. The van der Waals surface area contributed by atoms with Crippen LogP contribution in [0.15, 0.2) is 24.3 Å². The lowest BCUT2D eigenvalue weighted by Gasteiger charge is -2.55. The van der Waals surface area contributed by atoms with E-state index in [0.29, 0.717) is 23.8 Å². The minimum Gasteiger partial charge on any atom is -0.370 e. The summed E-state index contributed by atoms with van der Waals surface area (Å²) in [6.07, 6.45) is 4.83. The molecule has 0 aromatic heterocycles. The van der Waals surface area contributed by atoms with Crippen molar-refractivity contribution in [2.45, 2.75) is 59.3 Å². The first-order valence-corrected chi connectivity index (χ1v) is 12.2. The summed E-state index contributed by atoms with van der Waals surface area (Å²) < 4.78 is 0. The lowest BCUT2D eigenvalue weighted by molar-refractivity contribution is -0.135. The van der Waals surface area contributed by atoms with Gasteiger partial charge in [0.05, 0.1) is 6.54 Å². The van der Waals surface area contributed by atoms with Crippen molar-refractivity contribution in [3.8, 4) is 0 Å². The Balaban J connectivity index is 1.20. The number of carbonyl (C=O) groups excluding carboxylic acids is 1. The Morgan fingerprint density at radius 3 is 2.10 bits per heavy atom. The van der Waals surface area contributed by atoms with Gasteiger partial charge in [-0.25, -0.2) is 0 Å². The zero-order valence-corrected chi connectivity index (χ0v) is 19.6. The second-order valence-corrected chi connectivity index (χ2v) is 10.8. The number of hydrogen-bond donors (Lipinski definition) is 0. The van der Waals surface area contributed by atoms with E-state index in [-0.39, 0.29) is 0 Å². The molecule has 4 rings (SSSR count). The number of piperidine rings is 2. The van der Waals surface area contributed by atoms with E-state index in [9.17, 15) is 4.79 Å². The van der Waals surface area contributed by atoms with Crippen LogP contribution >= 0.6 is 0 Å². The van der Waals surface area contributed by atoms with Gasteiger partial charge in [0, 0.05) is 37.3 Å². The first-order valence-electron chi connectivity index (χ1n) is 12.2. The molecular weight excluding hydrogens is 370 g/mol. The number of amides is 1. The Morgan fingerprint density at radius 2 is 1.57 bits per heavy atom. The maximum atomic E-state index is 12.8. The summed E-state index contributed by atoms with van der Waals surface area (Å²) >= 11 is 0. The van der Waals surface area contributed by atoms with Crippen LogP contribution < -0.4 is 4.90 Å². The number of nitrogens with zero attached hydrogens (tertiary/aromatic N) is 3. The summed E-state index contributed by atoms with van der Waals surface area (Å²) in [5, 5.41) is 0. The van der Waals surface area contributed by atoms with Crippen molar-refractivity contribution >= 4 is 11.6 Å². The number of carbonyl (C=O) groups is 1. The molecule has 0 aliphatic carbocycles. The number of benzene rings is 1. The minimum atomic E-state index is 0.355. The molecule has 1 spiro atoms. The molecule has 0 saturated carbocycles. The SMILES string of the molecule is CC(C)c1ccc(N2CC3(CCN(C(=O)CN4CCC(C(C)C)CC4)CC3)C2)cc1. The van der Waals surface area contributed by atoms with Crippen molar-refractivity contribution in [3.05, 3.63) is 29.8 Å². The highest BCUT2D eigenvalue weighted by Crippen LogP contribution is 2.42. The molecule has 0 radical (unpaired) electrons. The van der Waals surface area contributed by atoms with Gasteiger partial charge in [-0.2, -0.15) is 0 Å². The fraction of sp³-hybridized carbons (Fsp3) is 0.731. The quantitative estimate of drug-likeness (QED) is 0.708. The molecule has 0 bridgehead atoms. The molecule has 3 heterocycles. The normalized spacial score (nSPS) is 22.7. The molecule has 0 atom stereocenters. The van der Waals surface area contributed by atoms with Crippen LogP contribution in [-0.2, 0) is 4.79 Å². The lowest BCUT2D eigenvalue weighted by Crippen LogP contribution is -2.61. The largest absolute Gasteiger partial charge is 0.370 e. The number of likely N-dealkylation sites (tertiary alicyclic amines) is 2.